The van der Waals surface area contributed by atoms with E-state index in [4.69, 9.17) is 4.74 Å². The van der Waals surface area contributed by atoms with E-state index in [9.17, 15) is 4.79 Å². The van der Waals surface area contributed by atoms with Crippen molar-refractivity contribution in [3.05, 3.63) is 27.4 Å². The van der Waals surface area contributed by atoms with E-state index in [-0.39, 0.29) is 11.6 Å². The van der Waals surface area contributed by atoms with Gasteiger partial charge in [0.1, 0.15) is 4.47 Å². The fourth-order valence-corrected chi connectivity index (χ4v) is 1.37. The monoisotopic (exact) mass is 230 g/mol. The molecule has 0 bridgehead atoms. The van der Waals surface area contributed by atoms with Gasteiger partial charge in [-0.15, -0.1) is 0 Å². The zero-order chi connectivity index (χ0) is 8.55. The van der Waals surface area contributed by atoms with Crippen molar-refractivity contribution in [2.45, 2.75) is 6.04 Å². The Morgan fingerprint density at radius 3 is 3.00 bits per heavy atom. The number of hydrogen-bond acceptors (Lipinski definition) is 3. The fraction of sp³-hybridized carbons (Fsp3) is 0.429. The maximum atomic E-state index is 11.4. The van der Waals surface area contributed by atoms with Crippen LogP contribution < -0.4 is 5.56 Å². The minimum absolute atomic E-state index is 0.0432. The van der Waals surface area contributed by atoms with Gasteiger partial charge in [0.25, 0.3) is 5.56 Å². The normalized spacial score (nSPS) is 17.4. The van der Waals surface area contributed by atoms with Gasteiger partial charge in [0, 0.05) is 6.20 Å². The summed E-state index contributed by atoms with van der Waals surface area (Å²) in [5.74, 6) is 0. The van der Waals surface area contributed by atoms with E-state index in [1.54, 1.807) is 10.9 Å². The summed E-state index contributed by atoms with van der Waals surface area (Å²) in [6.45, 7) is 1.22. The molecule has 1 aromatic rings. The predicted octanol–water partition coefficient (Wildman–Crippen LogP) is 0.577. The molecule has 5 heteroatoms. The van der Waals surface area contributed by atoms with Crippen LogP contribution >= 0.6 is 15.9 Å². The molecule has 1 aliphatic heterocycles. The van der Waals surface area contributed by atoms with Crippen molar-refractivity contribution in [1.82, 2.24) is 9.55 Å². The second-order valence-corrected chi connectivity index (χ2v) is 3.50. The molecule has 4 nitrogen and oxygen atoms in total. The van der Waals surface area contributed by atoms with Gasteiger partial charge in [0.05, 0.1) is 25.6 Å². The Kier molecular flexibility index (Phi) is 1.98. The number of rotatable bonds is 1. The van der Waals surface area contributed by atoms with Crippen molar-refractivity contribution in [3.63, 3.8) is 0 Å². The molecule has 0 N–H and O–H groups in total. The quantitative estimate of drug-likeness (QED) is 0.709. The van der Waals surface area contributed by atoms with E-state index in [2.05, 4.69) is 20.9 Å². The molecule has 0 aromatic carbocycles. The van der Waals surface area contributed by atoms with Crippen molar-refractivity contribution in [2.75, 3.05) is 13.2 Å². The summed E-state index contributed by atoms with van der Waals surface area (Å²) < 4.78 is 7.07. The van der Waals surface area contributed by atoms with Gasteiger partial charge in [-0.2, -0.15) is 0 Å². The Bertz CT molecular complexity index is 346. The average Bonchev–Trinajstić information content (AvgIpc) is 1.95. The molecule has 1 fully saturated rings. The molecule has 0 saturated carbocycles. The second kappa shape index (κ2) is 2.99. The van der Waals surface area contributed by atoms with Gasteiger partial charge in [-0.3, -0.25) is 9.36 Å². The summed E-state index contributed by atoms with van der Waals surface area (Å²) in [6, 6.07) is 0.169. The molecular formula is C7H7BrN2O2. The lowest BCUT2D eigenvalue weighted by molar-refractivity contribution is -0.0253. The summed E-state index contributed by atoms with van der Waals surface area (Å²) >= 11 is 3.13. The lowest BCUT2D eigenvalue weighted by Crippen LogP contribution is -2.37. The maximum Gasteiger partial charge on any atom is 0.268 e. The number of ether oxygens (including phenoxy) is 1. The summed E-state index contributed by atoms with van der Waals surface area (Å²) in [5, 5.41) is 0. The lowest BCUT2D eigenvalue weighted by Gasteiger charge is -2.27. The van der Waals surface area contributed by atoms with Crippen LogP contribution in [-0.4, -0.2) is 22.8 Å². The molecule has 0 spiro atoms. The molecule has 1 aromatic heterocycles. The number of halogens is 1. The van der Waals surface area contributed by atoms with Crippen molar-refractivity contribution < 1.29 is 4.74 Å². The standard InChI is InChI=1S/C7H7BrN2O2/c8-6-1-9-4-10(7(6)11)5-2-12-3-5/h1,4-5H,2-3H2. The van der Waals surface area contributed by atoms with Gasteiger partial charge in [-0.05, 0) is 15.9 Å². The molecular weight excluding hydrogens is 224 g/mol. The molecule has 0 unspecified atom stereocenters. The van der Waals surface area contributed by atoms with Crippen LogP contribution in [0.1, 0.15) is 6.04 Å². The third kappa shape index (κ3) is 1.19. The summed E-state index contributed by atoms with van der Waals surface area (Å²) in [7, 11) is 0. The minimum atomic E-state index is -0.0432. The molecule has 1 aliphatic rings. The summed E-state index contributed by atoms with van der Waals surface area (Å²) in [5.41, 5.74) is -0.0432. The highest BCUT2D eigenvalue weighted by Gasteiger charge is 2.21. The molecule has 0 aliphatic carbocycles. The van der Waals surface area contributed by atoms with Gasteiger partial charge in [-0.1, -0.05) is 0 Å². The second-order valence-electron chi connectivity index (χ2n) is 2.65. The van der Waals surface area contributed by atoms with Crippen molar-refractivity contribution in [2.24, 2.45) is 0 Å². The Morgan fingerprint density at radius 1 is 1.67 bits per heavy atom. The molecule has 1 saturated heterocycles. The molecule has 2 rings (SSSR count). The topological polar surface area (TPSA) is 44.1 Å². The summed E-state index contributed by atoms with van der Waals surface area (Å²) in [4.78, 5) is 15.3. The Morgan fingerprint density at radius 2 is 2.42 bits per heavy atom. The smallest absolute Gasteiger partial charge is 0.268 e. The van der Waals surface area contributed by atoms with Crippen LogP contribution in [0.4, 0.5) is 0 Å². The SMILES string of the molecule is O=c1c(Br)cncn1C1COC1. The molecule has 2 heterocycles. The van der Waals surface area contributed by atoms with E-state index in [0.29, 0.717) is 17.7 Å². The van der Waals surface area contributed by atoms with Gasteiger partial charge >= 0.3 is 0 Å². The minimum Gasteiger partial charge on any atom is -0.377 e. The number of nitrogens with zero attached hydrogens (tertiary/aromatic N) is 2. The van der Waals surface area contributed by atoms with Crippen LogP contribution in [0, 0.1) is 0 Å². The number of hydrogen-bond donors (Lipinski definition) is 0. The van der Waals surface area contributed by atoms with Crippen LogP contribution in [0.2, 0.25) is 0 Å². The molecule has 0 amide bonds. The van der Waals surface area contributed by atoms with Crippen molar-refractivity contribution in [1.29, 1.82) is 0 Å². The van der Waals surface area contributed by atoms with Crippen LogP contribution in [0.15, 0.2) is 21.8 Å². The zero-order valence-electron chi connectivity index (χ0n) is 6.24. The average molecular weight is 231 g/mol. The molecule has 12 heavy (non-hydrogen) atoms. The fourth-order valence-electron chi connectivity index (χ4n) is 1.05. The van der Waals surface area contributed by atoms with E-state index in [0.717, 1.165) is 0 Å². The number of aromatic nitrogens is 2. The first-order valence-corrected chi connectivity index (χ1v) is 4.38. The first-order valence-electron chi connectivity index (χ1n) is 3.58. The van der Waals surface area contributed by atoms with E-state index in [1.807, 2.05) is 0 Å². The van der Waals surface area contributed by atoms with Crippen LogP contribution in [0.5, 0.6) is 0 Å². The molecule has 0 atom stereocenters. The van der Waals surface area contributed by atoms with Gasteiger partial charge < -0.3 is 4.74 Å². The summed E-state index contributed by atoms with van der Waals surface area (Å²) in [6.07, 6.45) is 3.04. The van der Waals surface area contributed by atoms with Crippen LogP contribution in [0.3, 0.4) is 0 Å². The highest BCUT2D eigenvalue weighted by atomic mass is 79.9. The van der Waals surface area contributed by atoms with Crippen LogP contribution in [-0.2, 0) is 4.74 Å². The van der Waals surface area contributed by atoms with E-state index >= 15 is 0 Å². The maximum absolute atomic E-state index is 11.4. The van der Waals surface area contributed by atoms with Crippen LogP contribution in [0.25, 0.3) is 0 Å². The third-order valence-corrected chi connectivity index (χ3v) is 2.38. The Hall–Kier alpha value is -0.680. The zero-order valence-corrected chi connectivity index (χ0v) is 7.82. The van der Waals surface area contributed by atoms with Gasteiger partial charge in [-0.25, -0.2) is 4.98 Å². The van der Waals surface area contributed by atoms with Crippen molar-refractivity contribution in [3.8, 4) is 0 Å². The first-order chi connectivity index (χ1) is 5.79. The third-order valence-electron chi connectivity index (χ3n) is 1.83. The van der Waals surface area contributed by atoms with Gasteiger partial charge in [0.2, 0.25) is 0 Å². The molecule has 64 valence electrons. The highest BCUT2D eigenvalue weighted by Crippen LogP contribution is 2.14. The predicted molar refractivity (Wildman–Crippen MR) is 46.1 cm³/mol. The Balaban J connectivity index is 2.43. The lowest BCUT2D eigenvalue weighted by atomic mass is 10.2. The molecule has 0 radical (unpaired) electrons. The Labute approximate surface area is 77.3 Å². The van der Waals surface area contributed by atoms with Crippen molar-refractivity contribution >= 4 is 15.9 Å². The largest absolute Gasteiger partial charge is 0.377 e. The highest BCUT2D eigenvalue weighted by molar-refractivity contribution is 9.10. The van der Waals surface area contributed by atoms with E-state index < -0.39 is 0 Å². The van der Waals surface area contributed by atoms with Gasteiger partial charge in [0.15, 0.2) is 0 Å². The first kappa shape index (κ1) is 7.94. The van der Waals surface area contributed by atoms with E-state index in [1.165, 1.54) is 6.20 Å².